The molecule has 3 aromatic carbocycles. The quantitative estimate of drug-likeness (QED) is 0.0956. The normalized spacial score (nSPS) is 21.0. The molecule has 5 atom stereocenters. The molecule has 0 spiro atoms. The molecular formula is C56H66N8O6. The molecule has 0 saturated carbocycles. The van der Waals surface area contributed by atoms with Gasteiger partial charge in [-0.1, -0.05) is 106 Å². The van der Waals surface area contributed by atoms with Crippen molar-refractivity contribution in [3.05, 3.63) is 125 Å². The molecule has 2 aliphatic carbocycles. The van der Waals surface area contributed by atoms with Gasteiger partial charge in [0.25, 0.3) is 0 Å². The van der Waals surface area contributed by atoms with Gasteiger partial charge in [0.05, 0.1) is 50.1 Å². The summed E-state index contributed by atoms with van der Waals surface area (Å²) in [5.41, 5.74) is 14.4. The SMILES string of the molecule is C/C=C1\C=C(\c2ccc(-c3cnc([C@@H]4CCCN4C(=O)[C@@H](NC(=O)OC)C(C)C)[nH]3)cc2)C2CCc3cc(-c4ccc(-c5cnc([C@@H]6CCCN6C(=O)[C@@H](NC(=O)OC)C(C)C)[nH]5)cc4)c(cc32)CC1. The number of carbonyl (C=O) groups excluding carboxylic acids is 4. The molecule has 14 heteroatoms. The van der Waals surface area contributed by atoms with E-state index < -0.39 is 24.3 Å². The van der Waals surface area contributed by atoms with Crippen LogP contribution in [-0.2, 0) is 31.9 Å². The maximum atomic E-state index is 13.7. The second kappa shape index (κ2) is 20.6. The molecular weight excluding hydrogens is 881 g/mol. The summed E-state index contributed by atoms with van der Waals surface area (Å²) in [5, 5.41) is 5.46. The van der Waals surface area contributed by atoms with Crippen molar-refractivity contribution >= 4 is 29.6 Å². The number of fused-ring (bicyclic) bond motifs is 1. The van der Waals surface area contributed by atoms with Crippen LogP contribution in [0.15, 0.2) is 90.8 Å². The van der Waals surface area contributed by atoms with Crippen molar-refractivity contribution in [1.82, 2.24) is 40.4 Å². The number of H-pyrrole nitrogens is 2. The number of aromatic amines is 2. The third-order valence-corrected chi connectivity index (χ3v) is 14.9. The predicted molar refractivity (Wildman–Crippen MR) is 270 cm³/mol. The van der Waals surface area contributed by atoms with E-state index in [2.05, 4.69) is 100 Å². The summed E-state index contributed by atoms with van der Waals surface area (Å²) < 4.78 is 9.62. The van der Waals surface area contributed by atoms with E-state index >= 15 is 0 Å². The molecule has 4 aliphatic rings. The van der Waals surface area contributed by atoms with Crippen LogP contribution in [0.5, 0.6) is 0 Å². The molecule has 1 unspecified atom stereocenters. The number of alkyl carbamates (subject to hydrolysis) is 2. The molecule has 366 valence electrons. The first-order valence-electron chi connectivity index (χ1n) is 25.0. The number of likely N-dealkylation sites (tertiary alicyclic amines) is 2. The minimum atomic E-state index is -0.686. The van der Waals surface area contributed by atoms with Crippen LogP contribution in [0.3, 0.4) is 0 Å². The fourth-order valence-corrected chi connectivity index (χ4v) is 11.0. The molecule has 2 saturated heterocycles. The molecule has 9 rings (SSSR count). The zero-order valence-corrected chi connectivity index (χ0v) is 41.4. The zero-order valence-electron chi connectivity index (χ0n) is 41.4. The van der Waals surface area contributed by atoms with Gasteiger partial charge in [0.15, 0.2) is 0 Å². The first-order valence-corrected chi connectivity index (χ1v) is 25.0. The van der Waals surface area contributed by atoms with Crippen LogP contribution in [0.4, 0.5) is 9.59 Å². The second-order valence-corrected chi connectivity index (χ2v) is 19.9. The van der Waals surface area contributed by atoms with Crippen LogP contribution < -0.4 is 10.6 Å². The summed E-state index contributed by atoms with van der Waals surface area (Å²) in [4.78, 5) is 71.9. The Hall–Kier alpha value is -6.96. The Bertz CT molecular complexity index is 2800. The molecule has 2 fully saturated rings. The van der Waals surface area contributed by atoms with Crippen molar-refractivity contribution in [3.8, 4) is 33.6 Å². The fraction of sp³-hybridized carbons (Fsp3) is 0.429. The highest BCUT2D eigenvalue weighted by Gasteiger charge is 2.39. The Morgan fingerprint density at radius 3 is 1.64 bits per heavy atom. The molecule has 4 heterocycles. The van der Waals surface area contributed by atoms with Crippen LogP contribution >= 0.6 is 0 Å². The van der Waals surface area contributed by atoms with Crippen LogP contribution in [0, 0.1) is 11.8 Å². The second-order valence-electron chi connectivity index (χ2n) is 19.9. The number of allylic oxidation sites excluding steroid dienone is 4. The Morgan fingerprint density at radius 2 is 1.16 bits per heavy atom. The van der Waals surface area contributed by atoms with Gasteiger partial charge in [-0.05, 0) is 120 Å². The highest BCUT2D eigenvalue weighted by Crippen LogP contribution is 2.47. The van der Waals surface area contributed by atoms with Gasteiger partial charge < -0.3 is 39.9 Å². The number of rotatable bonds is 12. The van der Waals surface area contributed by atoms with Crippen molar-refractivity contribution in [2.24, 2.45) is 11.8 Å². The number of imidazole rings is 2. The Morgan fingerprint density at radius 1 is 0.657 bits per heavy atom. The van der Waals surface area contributed by atoms with Gasteiger partial charge >= 0.3 is 12.2 Å². The zero-order chi connectivity index (χ0) is 49.2. The number of amides is 4. The Labute approximate surface area is 410 Å². The number of nitrogens with one attached hydrogen (secondary N) is 4. The lowest BCUT2D eigenvalue weighted by atomic mass is 9.85. The number of aryl methyl sites for hydroxylation is 2. The van der Waals surface area contributed by atoms with E-state index in [1.54, 1.807) is 0 Å². The maximum absolute atomic E-state index is 13.7. The van der Waals surface area contributed by atoms with Crippen molar-refractivity contribution < 1.29 is 28.7 Å². The van der Waals surface area contributed by atoms with Gasteiger partial charge in [-0.15, -0.1) is 0 Å². The summed E-state index contributed by atoms with van der Waals surface area (Å²) in [7, 11) is 2.61. The number of carbonyl (C=O) groups is 4. The number of nitrogens with zero attached hydrogens (tertiary/aromatic N) is 4. The smallest absolute Gasteiger partial charge is 0.407 e. The lowest BCUT2D eigenvalue weighted by molar-refractivity contribution is -0.136. The van der Waals surface area contributed by atoms with Crippen LogP contribution in [-0.4, -0.2) is 93.1 Å². The van der Waals surface area contributed by atoms with E-state index in [0.717, 1.165) is 85.5 Å². The van der Waals surface area contributed by atoms with E-state index in [4.69, 9.17) is 19.4 Å². The first-order chi connectivity index (χ1) is 33.8. The molecule has 0 radical (unpaired) electrons. The minimum Gasteiger partial charge on any atom is -0.453 e. The minimum absolute atomic E-state index is 0.103. The van der Waals surface area contributed by atoms with Crippen LogP contribution in [0.2, 0.25) is 0 Å². The van der Waals surface area contributed by atoms with Gasteiger partial charge in [-0.25, -0.2) is 19.6 Å². The number of aromatic nitrogens is 4. The summed E-state index contributed by atoms with van der Waals surface area (Å²) in [6, 6.07) is 20.7. The van der Waals surface area contributed by atoms with E-state index in [1.807, 2.05) is 49.9 Å². The maximum Gasteiger partial charge on any atom is 0.407 e. The van der Waals surface area contributed by atoms with E-state index in [9.17, 15) is 19.2 Å². The monoisotopic (exact) mass is 947 g/mol. The van der Waals surface area contributed by atoms with Crippen molar-refractivity contribution in [2.75, 3.05) is 27.3 Å². The van der Waals surface area contributed by atoms with E-state index in [1.165, 1.54) is 58.7 Å². The van der Waals surface area contributed by atoms with Gasteiger partial charge in [-0.3, -0.25) is 9.59 Å². The summed E-state index contributed by atoms with van der Waals surface area (Å²) in [6.45, 7) is 11.0. The third kappa shape index (κ3) is 9.65. The lowest BCUT2D eigenvalue weighted by Crippen LogP contribution is -2.51. The first kappa shape index (κ1) is 48.1. The summed E-state index contributed by atoms with van der Waals surface area (Å²) in [5.74, 6) is 1.31. The molecule has 2 aliphatic heterocycles. The molecule has 2 aromatic heterocycles. The van der Waals surface area contributed by atoms with Gasteiger partial charge in [0.1, 0.15) is 23.7 Å². The summed E-state index contributed by atoms with van der Waals surface area (Å²) >= 11 is 0. The average molecular weight is 947 g/mol. The number of hydrogen-bond acceptors (Lipinski definition) is 8. The molecule has 4 N–H and O–H groups in total. The van der Waals surface area contributed by atoms with Crippen molar-refractivity contribution in [3.63, 3.8) is 0 Å². The molecule has 5 aromatic rings. The van der Waals surface area contributed by atoms with Gasteiger partial charge in [-0.2, -0.15) is 0 Å². The Kier molecular flexibility index (Phi) is 14.1. The van der Waals surface area contributed by atoms with Gasteiger partial charge in [0, 0.05) is 19.0 Å². The Balaban J connectivity index is 0.910. The molecule has 2 bridgehead atoms. The van der Waals surface area contributed by atoms with Crippen molar-refractivity contribution in [2.45, 2.75) is 116 Å². The van der Waals surface area contributed by atoms with Crippen LogP contribution in [0.25, 0.3) is 39.2 Å². The van der Waals surface area contributed by atoms with Gasteiger partial charge in [0.2, 0.25) is 11.8 Å². The fourth-order valence-electron chi connectivity index (χ4n) is 11.0. The highest BCUT2D eigenvalue weighted by molar-refractivity contribution is 5.87. The number of methoxy groups -OCH3 is 2. The molecule has 70 heavy (non-hydrogen) atoms. The van der Waals surface area contributed by atoms with E-state index in [-0.39, 0.29) is 41.7 Å². The number of ether oxygens (including phenoxy) is 2. The highest BCUT2D eigenvalue weighted by atomic mass is 16.5. The third-order valence-electron chi connectivity index (χ3n) is 14.9. The molecule has 4 amide bonds. The van der Waals surface area contributed by atoms with E-state index in [0.29, 0.717) is 13.1 Å². The number of hydrogen-bond donors (Lipinski definition) is 4. The number of benzene rings is 3. The topological polar surface area (TPSA) is 175 Å². The van der Waals surface area contributed by atoms with Crippen LogP contribution in [0.1, 0.15) is 125 Å². The molecule has 14 nitrogen and oxygen atoms in total. The average Bonchev–Trinajstić information content (AvgIpc) is 4.24. The van der Waals surface area contributed by atoms with Crippen molar-refractivity contribution in [1.29, 1.82) is 0 Å². The largest absolute Gasteiger partial charge is 0.453 e. The summed E-state index contributed by atoms with van der Waals surface area (Å²) in [6.07, 6.45) is 14.4. The lowest BCUT2D eigenvalue weighted by Gasteiger charge is -2.30. The standard InChI is InChI=1S/C56H66N8O6/c1-8-34-13-14-39-29-44-40(28-42(39)35-15-19-37(20-16-35)45-30-57-51(59-45)47-11-9-25-63(47)53(65)49(32(2)3)61-55(67)69-6)23-24-41(44)43(27-34)36-17-21-38(22-18-36)46-31-58-52(60-46)48-12-10-26-64(48)54(66)50(33(4)5)62-56(68)70-7/h8,15-22,27-33,41,47-50H,9-14,23-26H2,1-7H3,(H,57,59)(H,58,60)(H,61,67)(H,62,68)/b34-8-,43-27-/t41?,47-,48-,49-,50-/m0/s1. The predicted octanol–water partition coefficient (Wildman–Crippen LogP) is 10.2.